The quantitative estimate of drug-likeness (QED) is 0.768. The Labute approximate surface area is 140 Å². The third kappa shape index (κ3) is 4.87. The number of nitrogens with one attached hydrogen (secondary N) is 1. The molecule has 2 heterocycles. The van der Waals surface area contributed by atoms with Crippen LogP contribution >= 0.6 is 11.3 Å². The number of nitrogens with zero attached hydrogens (tertiary/aromatic N) is 3. The molecule has 0 saturated carbocycles. The Bertz CT molecular complexity index is 593. The maximum absolute atomic E-state index is 12.4. The molecule has 0 spiro atoms. The Morgan fingerprint density at radius 2 is 2.21 bits per heavy atom. The molecule has 2 rings (SSSR count). The predicted octanol–water partition coefficient (Wildman–Crippen LogP) is 0.710. The summed E-state index contributed by atoms with van der Waals surface area (Å²) in [6, 6.07) is 0. The summed E-state index contributed by atoms with van der Waals surface area (Å²) in [5, 5.41) is 8.36. The lowest BCUT2D eigenvalue weighted by atomic mass is 10.1. The molecule has 2 amide bonds. The molecule has 1 aromatic heterocycles. The lowest BCUT2D eigenvalue weighted by Crippen LogP contribution is -2.34. The number of likely N-dealkylation sites (tertiary alicyclic amines) is 1. The van der Waals surface area contributed by atoms with Gasteiger partial charge in [0.1, 0.15) is 5.01 Å². The van der Waals surface area contributed by atoms with Crippen molar-refractivity contribution in [3.05, 3.63) is 10.0 Å². The van der Waals surface area contributed by atoms with Crippen molar-refractivity contribution in [1.29, 1.82) is 0 Å². The molecule has 1 unspecified atom stereocenters. The second-order valence-corrected chi connectivity index (χ2v) is 6.34. The van der Waals surface area contributed by atoms with Gasteiger partial charge in [-0.3, -0.25) is 9.59 Å². The zero-order chi connectivity index (χ0) is 17.7. The summed E-state index contributed by atoms with van der Waals surface area (Å²) in [4.78, 5) is 25.3. The summed E-state index contributed by atoms with van der Waals surface area (Å²) in [6.45, 7) is 1.31. The maximum atomic E-state index is 12.4. The highest BCUT2D eigenvalue weighted by Gasteiger charge is 2.36. The van der Waals surface area contributed by atoms with Crippen LogP contribution in [0.15, 0.2) is 0 Å². The SMILES string of the molecule is COCCN1CC(C(=O)NCCc2nnc(C(F)(F)F)s2)CC1=O. The Morgan fingerprint density at radius 1 is 1.46 bits per heavy atom. The van der Waals surface area contributed by atoms with Gasteiger partial charge in [-0.2, -0.15) is 13.2 Å². The first-order chi connectivity index (χ1) is 11.3. The van der Waals surface area contributed by atoms with Gasteiger partial charge in [0.2, 0.25) is 16.8 Å². The molecule has 1 aliphatic heterocycles. The van der Waals surface area contributed by atoms with Crippen LogP contribution in [0.1, 0.15) is 16.4 Å². The van der Waals surface area contributed by atoms with E-state index in [4.69, 9.17) is 4.74 Å². The van der Waals surface area contributed by atoms with Gasteiger partial charge in [-0.05, 0) is 0 Å². The van der Waals surface area contributed by atoms with Crippen molar-refractivity contribution < 1.29 is 27.5 Å². The van der Waals surface area contributed by atoms with E-state index < -0.39 is 17.1 Å². The number of aromatic nitrogens is 2. The number of hydrogen-bond acceptors (Lipinski definition) is 6. The van der Waals surface area contributed by atoms with E-state index in [1.807, 2.05) is 0 Å². The van der Waals surface area contributed by atoms with E-state index >= 15 is 0 Å². The normalized spacial score (nSPS) is 18.2. The van der Waals surface area contributed by atoms with Gasteiger partial charge in [0.05, 0.1) is 12.5 Å². The fraction of sp³-hybridized carbons (Fsp3) is 0.692. The molecule has 24 heavy (non-hydrogen) atoms. The summed E-state index contributed by atoms with van der Waals surface area (Å²) in [7, 11) is 1.53. The van der Waals surface area contributed by atoms with Crippen LogP contribution in [0.3, 0.4) is 0 Å². The van der Waals surface area contributed by atoms with Crippen LogP contribution in [0.25, 0.3) is 0 Å². The second kappa shape index (κ2) is 7.88. The number of halogens is 3. The molecule has 1 fully saturated rings. The van der Waals surface area contributed by atoms with E-state index in [0.29, 0.717) is 31.0 Å². The van der Waals surface area contributed by atoms with Gasteiger partial charge in [0.15, 0.2) is 0 Å². The highest BCUT2D eigenvalue weighted by molar-refractivity contribution is 7.11. The van der Waals surface area contributed by atoms with E-state index in [9.17, 15) is 22.8 Å². The minimum absolute atomic E-state index is 0.105. The van der Waals surface area contributed by atoms with Gasteiger partial charge < -0.3 is 15.0 Å². The van der Waals surface area contributed by atoms with Gasteiger partial charge in [-0.1, -0.05) is 11.3 Å². The summed E-state index contributed by atoms with van der Waals surface area (Å²) in [5.41, 5.74) is 0. The van der Waals surface area contributed by atoms with E-state index in [1.165, 1.54) is 7.11 Å². The van der Waals surface area contributed by atoms with Gasteiger partial charge in [0.25, 0.3) is 0 Å². The van der Waals surface area contributed by atoms with E-state index in [0.717, 1.165) is 0 Å². The Kier molecular flexibility index (Phi) is 6.10. The number of ether oxygens (including phenoxy) is 1. The topological polar surface area (TPSA) is 84.4 Å². The molecule has 1 N–H and O–H groups in total. The van der Waals surface area contributed by atoms with Crippen LogP contribution in [0, 0.1) is 5.92 Å². The largest absolute Gasteiger partial charge is 0.445 e. The molecule has 1 aromatic rings. The standard InChI is InChI=1S/C13H17F3N4O3S/c1-23-5-4-20-7-8(6-10(20)21)11(22)17-3-2-9-18-19-12(24-9)13(14,15)16/h8H,2-7H2,1H3,(H,17,22). The highest BCUT2D eigenvalue weighted by Crippen LogP contribution is 2.31. The van der Waals surface area contributed by atoms with Crippen molar-refractivity contribution in [3.63, 3.8) is 0 Å². The summed E-state index contributed by atoms with van der Waals surface area (Å²) in [6.07, 6.45) is -4.21. The number of carbonyl (C=O) groups excluding carboxylic acids is 2. The van der Waals surface area contributed by atoms with E-state index in [1.54, 1.807) is 4.90 Å². The van der Waals surface area contributed by atoms with Crippen molar-refractivity contribution >= 4 is 23.2 Å². The zero-order valence-electron chi connectivity index (χ0n) is 12.9. The fourth-order valence-corrected chi connectivity index (χ4v) is 2.98. The fourth-order valence-electron chi connectivity index (χ4n) is 2.27. The molecule has 0 aliphatic carbocycles. The average Bonchev–Trinajstić information content (AvgIpc) is 3.12. The monoisotopic (exact) mass is 366 g/mol. The highest BCUT2D eigenvalue weighted by atomic mass is 32.1. The number of rotatable bonds is 7. The van der Waals surface area contributed by atoms with Crippen LogP contribution in [0.2, 0.25) is 0 Å². The van der Waals surface area contributed by atoms with Crippen LogP contribution in [-0.2, 0) is 26.9 Å². The Morgan fingerprint density at radius 3 is 2.83 bits per heavy atom. The molecular formula is C13H17F3N4O3S. The lowest BCUT2D eigenvalue weighted by molar-refractivity contribution is -0.138. The minimum Gasteiger partial charge on any atom is -0.383 e. The molecule has 134 valence electrons. The van der Waals surface area contributed by atoms with Gasteiger partial charge >= 0.3 is 6.18 Å². The number of hydrogen-bond donors (Lipinski definition) is 1. The van der Waals surface area contributed by atoms with E-state index in [-0.39, 0.29) is 36.2 Å². The molecule has 0 radical (unpaired) electrons. The average molecular weight is 366 g/mol. The van der Waals surface area contributed by atoms with Gasteiger partial charge in [-0.15, -0.1) is 10.2 Å². The summed E-state index contributed by atoms with van der Waals surface area (Å²) >= 11 is 0.459. The first-order valence-electron chi connectivity index (χ1n) is 7.25. The molecule has 0 aromatic carbocycles. The molecule has 0 bridgehead atoms. The molecule has 1 aliphatic rings. The van der Waals surface area contributed by atoms with E-state index in [2.05, 4.69) is 15.5 Å². The first kappa shape index (κ1) is 18.6. The van der Waals surface area contributed by atoms with Crippen LogP contribution in [-0.4, -0.2) is 60.3 Å². The third-order valence-corrected chi connectivity index (χ3v) is 4.53. The Balaban J connectivity index is 1.76. The van der Waals surface area contributed by atoms with Crippen molar-refractivity contribution in [3.8, 4) is 0 Å². The molecule has 11 heteroatoms. The summed E-state index contributed by atoms with van der Waals surface area (Å²) < 4.78 is 42.1. The smallest absolute Gasteiger partial charge is 0.383 e. The third-order valence-electron chi connectivity index (χ3n) is 3.50. The number of alkyl halides is 3. The minimum atomic E-state index is -4.50. The number of methoxy groups -OCH3 is 1. The van der Waals surface area contributed by atoms with Crippen molar-refractivity contribution in [1.82, 2.24) is 20.4 Å². The van der Waals surface area contributed by atoms with Crippen molar-refractivity contribution in [2.75, 3.05) is 33.4 Å². The molecule has 1 saturated heterocycles. The zero-order valence-corrected chi connectivity index (χ0v) is 13.7. The van der Waals surface area contributed by atoms with Gasteiger partial charge in [-0.25, -0.2) is 0 Å². The number of carbonyl (C=O) groups is 2. The van der Waals surface area contributed by atoms with Crippen molar-refractivity contribution in [2.45, 2.75) is 19.0 Å². The molecule has 1 atom stereocenters. The summed E-state index contributed by atoms with van der Waals surface area (Å²) in [5.74, 6) is -0.843. The molecular weight excluding hydrogens is 349 g/mol. The van der Waals surface area contributed by atoms with Crippen LogP contribution < -0.4 is 5.32 Å². The Hall–Kier alpha value is -1.75. The lowest BCUT2D eigenvalue weighted by Gasteiger charge is -2.15. The van der Waals surface area contributed by atoms with Crippen LogP contribution in [0.4, 0.5) is 13.2 Å². The van der Waals surface area contributed by atoms with Crippen LogP contribution in [0.5, 0.6) is 0 Å². The van der Waals surface area contributed by atoms with Gasteiger partial charge in [0, 0.05) is 39.6 Å². The maximum Gasteiger partial charge on any atom is 0.445 e. The predicted molar refractivity (Wildman–Crippen MR) is 78.2 cm³/mol. The number of amides is 2. The second-order valence-electron chi connectivity index (χ2n) is 5.27. The van der Waals surface area contributed by atoms with Crippen molar-refractivity contribution in [2.24, 2.45) is 5.92 Å². The first-order valence-corrected chi connectivity index (χ1v) is 8.07. The molecule has 7 nitrogen and oxygen atoms in total.